The topological polar surface area (TPSA) is 105 Å². The third-order valence-corrected chi connectivity index (χ3v) is 4.70. The Morgan fingerprint density at radius 3 is 2.49 bits per heavy atom. The first-order chi connectivity index (χ1) is 16.5. The fourth-order valence-corrected chi connectivity index (χ4v) is 3.20. The number of urea groups is 1. The van der Waals surface area contributed by atoms with Crippen LogP contribution in [0.5, 0.6) is 11.5 Å². The lowest BCUT2D eigenvalue weighted by Gasteiger charge is -2.18. The highest BCUT2D eigenvalue weighted by atomic mass is 19.4. The number of aromatic amines is 1. The zero-order valence-electron chi connectivity index (χ0n) is 19.5. The minimum atomic E-state index is -4.65. The highest BCUT2D eigenvalue weighted by molar-refractivity contribution is 6.00. The van der Waals surface area contributed by atoms with Crippen LogP contribution in [0.4, 0.5) is 29.3 Å². The maximum absolute atomic E-state index is 13.4. The van der Waals surface area contributed by atoms with Crippen LogP contribution in [-0.2, 0) is 6.18 Å². The number of benzene rings is 1. The number of alkyl halides is 3. The van der Waals surface area contributed by atoms with Crippen LogP contribution in [0.1, 0.15) is 32.0 Å². The zero-order chi connectivity index (χ0) is 25.8. The van der Waals surface area contributed by atoms with Crippen LogP contribution in [0.25, 0.3) is 11.3 Å². The number of carbonyl (C=O) groups is 1. The van der Waals surface area contributed by atoms with Crippen molar-refractivity contribution in [3.05, 3.63) is 64.2 Å². The molecule has 3 aromatic rings. The standard InChI is InChI=1S/C24H25F3N4O4/c1-5-34-21-10-15(12-28-22(21)32)19-8-7-18(14(4)29-19)31-23(33)30-16-6-9-20(35-13(2)3)17(11-16)24(25,26)27/h6-13H,5H2,1-4H3,(H,28,32)(H2,30,31,33). The van der Waals surface area contributed by atoms with Crippen molar-refractivity contribution in [2.75, 3.05) is 17.2 Å². The molecule has 2 aromatic heterocycles. The van der Waals surface area contributed by atoms with E-state index in [1.165, 1.54) is 18.3 Å². The predicted molar refractivity (Wildman–Crippen MR) is 126 cm³/mol. The molecular weight excluding hydrogens is 465 g/mol. The normalized spacial score (nSPS) is 11.3. The number of anilines is 2. The minimum Gasteiger partial charge on any atom is -0.490 e. The summed E-state index contributed by atoms with van der Waals surface area (Å²) in [7, 11) is 0. The average molecular weight is 490 g/mol. The molecule has 0 bridgehead atoms. The second-order valence-electron chi connectivity index (χ2n) is 7.80. The average Bonchev–Trinajstić information content (AvgIpc) is 2.77. The van der Waals surface area contributed by atoms with Crippen molar-refractivity contribution < 1.29 is 27.4 Å². The summed E-state index contributed by atoms with van der Waals surface area (Å²) in [6, 6.07) is 7.37. The van der Waals surface area contributed by atoms with Gasteiger partial charge in [-0.3, -0.25) is 9.78 Å². The molecule has 186 valence electrons. The van der Waals surface area contributed by atoms with Gasteiger partial charge in [0, 0.05) is 17.4 Å². The molecule has 0 atom stereocenters. The molecule has 0 radical (unpaired) electrons. The van der Waals surface area contributed by atoms with E-state index < -0.39 is 23.9 Å². The van der Waals surface area contributed by atoms with Crippen LogP contribution in [0.3, 0.4) is 0 Å². The molecule has 0 aliphatic heterocycles. The van der Waals surface area contributed by atoms with Crippen LogP contribution in [0.2, 0.25) is 0 Å². The second kappa shape index (κ2) is 10.5. The largest absolute Gasteiger partial charge is 0.490 e. The Kier molecular flexibility index (Phi) is 7.68. The maximum atomic E-state index is 13.4. The minimum absolute atomic E-state index is 0.0511. The summed E-state index contributed by atoms with van der Waals surface area (Å²) in [5.74, 6) is -0.155. The van der Waals surface area contributed by atoms with E-state index in [9.17, 15) is 22.8 Å². The predicted octanol–water partition coefficient (Wildman–Crippen LogP) is 5.59. The Hall–Kier alpha value is -4.02. The fourth-order valence-electron chi connectivity index (χ4n) is 3.20. The van der Waals surface area contributed by atoms with Gasteiger partial charge >= 0.3 is 12.2 Å². The number of halogens is 3. The van der Waals surface area contributed by atoms with E-state index in [0.717, 1.165) is 6.07 Å². The summed E-state index contributed by atoms with van der Waals surface area (Å²) in [6.45, 7) is 6.99. The number of carbonyl (C=O) groups excluding carboxylic acids is 1. The van der Waals surface area contributed by atoms with Gasteiger partial charge in [-0.15, -0.1) is 0 Å². The van der Waals surface area contributed by atoms with E-state index in [-0.39, 0.29) is 22.7 Å². The Balaban J connectivity index is 1.76. The molecule has 0 spiro atoms. The summed E-state index contributed by atoms with van der Waals surface area (Å²) >= 11 is 0. The fraction of sp³-hybridized carbons (Fsp3) is 0.292. The van der Waals surface area contributed by atoms with E-state index in [1.54, 1.807) is 45.9 Å². The SMILES string of the molecule is CCOc1cc(-c2ccc(NC(=O)Nc3ccc(OC(C)C)c(C(F)(F)F)c3)c(C)n2)c[nH]c1=O. The molecule has 3 rings (SSSR count). The molecule has 8 nitrogen and oxygen atoms in total. The van der Waals surface area contributed by atoms with E-state index >= 15 is 0 Å². The van der Waals surface area contributed by atoms with E-state index in [1.807, 2.05) is 0 Å². The van der Waals surface area contributed by atoms with Crippen LogP contribution >= 0.6 is 0 Å². The third kappa shape index (κ3) is 6.52. The van der Waals surface area contributed by atoms with E-state index in [0.29, 0.717) is 29.2 Å². The number of aromatic nitrogens is 2. The number of hydrogen-bond donors (Lipinski definition) is 3. The lowest BCUT2D eigenvalue weighted by Crippen LogP contribution is -2.21. The van der Waals surface area contributed by atoms with Crippen molar-refractivity contribution in [3.8, 4) is 22.8 Å². The van der Waals surface area contributed by atoms with Crippen LogP contribution in [0.15, 0.2) is 47.4 Å². The Bertz CT molecular complexity index is 1270. The summed E-state index contributed by atoms with van der Waals surface area (Å²) in [6.07, 6.45) is -3.60. The Morgan fingerprint density at radius 2 is 1.86 bits per heavy atom. The van der Waals surface area contributed by atoms with Gasteiger partial charge in [-0.05, 0) is 64.1 Å². The molecule has 0 saturated carbocycles. The van der Waals surface area contributed by atoms with Gasteiger partial charge in [-0.25, -0.2) is 4.79 Å². The van der Waals surface area contributed by atoms with Gasteiger partial charge in [0.15, 0.2) is 5.75 Å². The molecule has 3 N–H and O–H groups in total. The molecule has 0 aliphatic rings. The van der Waals surface area contributed by atoms with Crippen LogP contribution < -0.4 is 25.7 Å². The monoisotopic (exact) mass is 490 g/mol. The second-order valence-corrected chi connectivity index (χ2v) is 7.80. The molecule has 0 aliphatic carbocycles. The maximum Gasteiger partial charge on any atom is 0.420 e. The quantitative estimate of drug-likeness (QED) is 0.400. The van der Waals surface area contributed by atoms with Gasteiger partial charge < -0.3 is 25.1 Å². The number of aryl methyl sites for hydroxylation is 1. The first-order valence-corrected chi connectivity index (χ1v) is 10.8. The van der Waals surface area contributed by atoms with Crippen LogP contribution in [-0.4, -0.2) is 28.7 Å². The molecule has 0 unspecified atom stereocenters. The first-order valence-electron chi connectivity index (χ1n) is 10.8. The number of amides is 2. The summed E-state index contributed by atoms with van der Waals surface area (Å²) < 4.78 is 50.9. The summed E-state index contributed by atoms with van der Waals surface area (Å²) in [5, 5.41) is 4.97. The Morgan fingerprint density at radius 1 is 1.11 bits per heavy atom. The van der Waals surface area contributed by atoms with Gasteiger partial charge in [-0.1, -0.05) is 0 Å². The van der Waals surface area contributed by atoms with Gasteiger partial charge in [0.25, 0.3) is 5.56 Å². The smallest absolute Gasteiger partial charge is 0.420 e. The molecule has 11 heteroatoms. The number of ether oxygens (including phenoxy) is 2. The zero-order valence-corrected chi connectivity index (χ0v) is 19.5. The molecule has 2 heterocycles. The van der Waals surface area contributed by atoms with Crippen molar-refractivity contribution in [1.82, 2.24) is 9.97 Å². The molecule has 1 aromatic carbocycles. The molecular formula is C24H25F3N4O4. The number of pyridine rings is 2. The summed E-state index contributed by atoms with van der Waals surface area (Å²) in [5.41, 5.74) is 0.551. The molecule has 0 saturated heterocycles. The van der Waals surface area contributed by atoms with Crippen molar-refractivity contribution >= 4 is 17.4 Å². The van der Waals surface area contributed by atoms with E-state index in [2.05, 4.69) is 20.6 Å². The lowest BCUT2D eigenvalue weighted by atomic mass is 10.1. The van der Waals surface area contributed by atoms with Crippen molar-refractivity contribution in [3.63, 3.8) is 0 Å². The first kappa shape index (κ1) is 25.6. The number of hydrogen-bond acceptors (Lipinski definition) is 5. The Labute approximate surface area is 199 Å². The molecule has 35 heavy (non-hydrogen) atoms. The van der Waals surface area contributed by atoms with Crippen LogP contribution in [0, 0.1) is 6.92 Å². The number of nitrogens with zero attached hydrogens (tertiary/aromatic N) is 1. The third-order valence-electron chi connectivity index (χ3n) is 4.70. The van der Waals surface area contributed by atoms with E-state index in [4.69, 9.17) is 9.47 Å². The number of rotatable bonds is 7. The van der Waals surface area contributed by atoms with Crippen molar-refractivity contribution in [1.29, 1.82) is 0 Å². The lowest BCUT2D eigenvalue weighted by molar-refractivity contribution is -0.139. The molecule has 2 amide bonds. The van der Waals surface area contributed by atoms with Crippen molar-refractivity contribution in [2.24, 2.45) is 0 Å². The summed E-state index contributed by atoms with van der Waals surface area (Å²) in [4.78, 5) is 31.3. The van der Waals surface area contributed by atoms with Gasteiger partial charge in [0.2, 0.25) is 0 Å². The molecule has 0 fully saturated rings. The van der Waals surface area contributed by atoms with Crippen molar-refractivity contribution in [2.45, 2.75) is 40.0 Å². The number of nitrogens with one attached hydrogen (secondary N) is 3. The van der Waals surface area contributed by atoms with Gasteiger partial charge in [0.1, 0.15) is 5.75 Å². The highest BCUT2D eigenvalue weighted by Gasteiger charge is 2.35. The number of H-pyrrole nitrogens is 1. The highest BCUT2D eigenvalue weighted by Crippen LogP contribution is 2.38. The van der Waals surface area contributed by atoms with Gasteiger partial charge in [-0.2, -0.15) is 13.2 Å². The van der Waals surface area contributed by atoms with Gasteiger partial charge in [0.05, 0.1) is 35.3 Å².